The summed E-state index contributed by atoms with van der Waals surface area (Å²) >= 11 is 0. The number of hydrogen-bond acceptors (Lipinski definition) is 5. The molecule has 1 atom stereocenters. The summed E-state index contributed by atoms with van der Waals surface area (Å²) in [5.41, 5.74) is 1.12. The van der Waals surface area contributed by atoms with Gasteiger partial charge in [0.1, 0.15) is 24.0 Å². The fraction of sp³-hybridized carbons (Fsp3) is 0.400. The van der Waals surface area contributed by atoms with Gasteiger partial charge in [-0.25, -0.2) is 4.79 Å². The van der Waals surface area contributed by atoms with Crippen molar-refractivity contribution < 1.29 is 13.9 Å². The number of morpholine rings is 1. The van der Waals surface area contributed by atoms with Crippen LogP contribution in [-0.4, -0.2) is 32.4 Å². The van der Waals surface area contributed by atoms with Crippen LogP contribution < -0.4 is 15.7 Å². The van der Waals surface area contributed by atoms with E-state index in [4.69, 9.17) is 13.9 Å². The first-order valence-corrected chi connectivity index (χ1v) is 6.72. The van der Waals surface area contributed by atoms with Crippen molar-refractivity contribution in [2.24, 2.45) is 0 Å². The van der Waals surface area contributed by atoms with Crippen LogP contribution in [0.25, 0.3) is 11.0 Å². The molecule has 1 aromatic carbocycles. The number of halogens is 1. The predicted molar refractivity (Wildman–Crippen MR) is 82.6 cm³/mol. The summed E-state index contributed by atoms with van der Waals surface area (Å²) in [5, 5.41) is 4.17. The van der Waals surface area contributed by atoms with E-state index in [0.29, 0.717) is 24.5 Å². The lowest BCUT2D eigenvalue weighted by Crippen LogP contribution is -2.41. The molecule has 21 heavy (non-hydrogen) atoms. The number of fused-ring (bicyclic) bond motifs is 1. The summed E-state index contributed by atoms with van der Waals surface area (Å²) in [4.78, 5) is 11.4. The summed E-state index contributed by atoms with van der Waals surface area (Å²) in [6.07, 6.45) is 0.0592. The van der Waals surface area contributed by atoms with Crippen LogP contribution in [0, 0.1) is 6.92 Å². The summed E-state index contributed by atoms with van der Waals surface area (Å²) in [6, 6.07) is 7.03. The maximum Gasteiger partial charge on any atom is 0.336 e. The average Bonchev–Trinajstić information content (AvgIpc) is 2.45. The molecule has 2 aromatic rings. The largest absolute Gasteiger partial charge is 0.491 e. The Morgan fingerprint density at radius 1 is 1.38 bits per heavy atom. The molecule has 114 valence electrons. The molecule has 0 aliphatic carbocycles. The van der Waals surface area contributed by atoms with Gasteiger partial charge in [-0.1, -0.05) is 0 Å². The van der Waals surface area contributed by atoms with E-state index in [2.05, 4.69) is 5.32 Å². The Morgan fingerprint density at radius 3 is 3.00 bits per heavy atom. The molecule has 1 aliphatic rings. The van der Waals surface area contributed by atoms with Crippen molar-refractivity contribution in [1.82, 2.24) is 5.32 Å². The molecular weight excluding hydrogens is 294 g/mol. The summed E-state index contributed by atoms with van der Waals surface area (Å²) < 4.78 is 16.5. The minimum atomic E-state index is -0.341. The molecule has 5 nitrogen and oxygen atoms in total. The fourth-order valence-electron chi connectivity index (χ4n) is 2.31. The lowest BCUT2D eigenvalue weighted by atomic mass is 10.1. The molecule has 0 saturated carbocycles. The first kappa shape index (κ1) is 15.8. The van der Waals surface area contributed by atoms with Gasteiger partial charge in [0.2, 0.25) is 0 Å². The number of rotatable bonds is 3. The van der Waals surface area contributed by atoms with Crippen molar-refractivity contribution in [1.29, 1.82) is 0 Å². The van der Waals surface area contributed by atoms with Crippen molar-refractivity contribution in [2.75, 3.05) is 26.3 Å². The van der Waals surface area contributed by atoms with Gasteiger partial charge < -0.3 is 19.2 Å². The van der Waals surface area contributed by atoms with Gasteiger partial charge in [0, 0.05) is 30.6 Å². The van der Waals surface area contributed by atoms with E-state index in [9.17, 15) is 4.79 Å². The van der Waals surface area contributed by atoms with Crippen LogP contribution in [0.15, 0.2) is 33.5 Å². The highest BCUT2D eigenvalue weighted by Gasteiger charge is 2.14. The van der Waals surface area contributed by atoms with Gasteiger partial charge in [-0.15, -0.1) is 12.4 Å². The summed E-state index contributed by atoms with van der Waals surface area (Å²) in [6.45, 7) is 4.76. The number of ether oxygens (including phenoxy) is 2. The number of hydrogen-bond donors (Lipinski definition) is 1. The minimum absolute atomic E-state index is 0. The van der Waals surface area contributed by atoms with Crippen molar-refractivity contribution in [3.8, 4) is 5.75 Å². The first-order chi connectivity index (χ1) is 9.72. The third-order valence-electron chi connectivity index (χ3n) is 3.36. The third-order valence-corrected chi connectivity index (χ3v) is 3.36. The molecule has 0 spiro atoms. The molecular formula is C15H18ClNO4. The molecule has 0 amide bonds. The highest BCUT2D eigenvalue weighted by atomic mass is 35.5. The summed E-state index contributed by atoms with van der Waals surface area (Å²) in [5.74, 6) is 0.681. The van der Waals surface area contributed by atoms with Crippen LogP contribution in [0.2, 0.25) is 0 Å². The Labute approximate surface area is 128 Å². The second-order valence-corrected chi connectivity index (χ2v) is 4.91. The zero-order valence-corrected chi connectivity index (χ0v) is 12.6. The van der Waals surface area contributed by atoms with Crippen molar-refractivity contribution in [3.63, 3.8) is 0 Å². The lowest BCUT2D eigenvalue weighted by molar-refractivity contribution is 0.000206. The number of nitrogens with one attached hydrogen (secondary N) is 1. The predicted octanol–water partition coefficient (Wildman–Crippen LogP) is 1.89. The van der Waals surface area contributed by atoms with E-state index in [-0.39, 0.29) is 24.1 Å². The molecule has 0 radical (unpaired) electrons. The van der Waals surface area contributed by atoms with Crippen molar-refractivity contribution in [3.05, 3.63) is 40.2 Å². The maximum absolute atomic E-state index is 11.4. The number of benzene rings is 1. The maximum atomic E-state index is 11.4. The standard InChI is InChI=1S/C15H17NO4.ClH/c1-10-6-15(17)20-14-7-11(2-3-13(10)14)19-9-12-8-16-4-5-18-12;/h2-3,6-7,12,16H,4-5,8-9H2,1H3;1H. The van der Waals surface area contributed by atoms with E-state index in [1.54, 1.807) is 6.07 Å². The Morgan fingerprint density at radius 2 is 2.24 bits per heavy atom. The first-order valence-electron chi connectivity index (χ1n) is 6.72. The Balaban J connectivity index is 0.00000161. The quantitative estimate of drug-likeness (QED) is 0.877. The zero-order chi connectivity index (χ0) is 13.9. The van der Waals surface area contributed by atoms with Crippen LogP contribution >= 0.6 is 12.4 Å². The van der Waals surface area contributed by atoms with Crippen LogP contribution in [-0.2, 0) is 4.74 Å². The third kappa shape index (κ3) is 3.75. The molecule has 1 unspecified atom stereocenters. The molecule has 1 saturated heterocycles. The van der Waals surface area contributed by atoms with Crippen LogP contribution in [0.4, 0.5) is 0 Å². The van der Waals surface area contributed by atoms with E-state index in [1.165, 1.54) is 6.07 Å². The van der Waals surface area contributed by atoms with Crippen LogP contribution in [0.1, 0.15) is 5.56 Å². The van der Waals surface area contributed by atoms with Gasteiger partial charge >= 0.3 is 5.63 Å². The van der Waals surface area contributed by atoms with Gasteiger partial charge in [0.05, 0.1) is 6.61 Å². The van der Waals surface area contributed by atoms with Gasteiger partial charge in [-0.2, -0.15) is 0 Å². The Hall–Kier alpha value is -1.56. The average molecular weight is 312 g/mol. The highest BCUT2D eigenvalue weighted by molar-refractivity contribution is 5.85. The SMILES string of the molecule is Cc1cc(=O)oc2cc(OCC3CNCCO3)ccc12.Cl. The number of aryl methyl sites for hydroxylation is 1. The minimum Gasteiger partial charge on any atom is -0.491 e. The molecule has 1 aliphatic heterocycles. The molecule has 0 bridgehead atoms. The van der Waals surface area contributed by atoms with Crippen LogP contribution in [0.5, 0.6) is 5.75 Å². The smallest absolute Gasteiger partial charge is 0.336 e. The fourth-order valence-corrected chi connectivity index (χ4v) is 2.31. The van der Waals surface area contributed by atoms with Gasteiger partial charge in [0.25, 0.3) is 0 Å². The monoisotopic (exact) mass is 311 g/mol. The lowest BCUT2D eigenvalue weighted by Gasteiger charge is -2.23. The normalized spacial score (nSPS) is 18.2. The van der Waals surface area contributed by atoms with Gasteiger partial charge in [0.15, 0.2) is 0 Å². The molecule has 6 heteroatoms. The van der Waals surface area contributed by atoms with E-state index in [0.717, 1.165) is 24.0 Å². The van der Waals surface area contributed by atoms with E-state index >= 15 is 0 Å². The van der Waals surface area contributed by atoms with Gasteiger partial charge in [-0.3, -0.25) is 0 Å². The molecule has 1 fully saturated rings. The van der Waals surface area contributed by atoms with Crippen molar-refractivity contribution in [2.45, 2.75) is 13.0 Å². The summed E-state index contributed by atoms with van der Waals surface area (Å²) in [7, 11) is 0. The van der Waals surface area contributed by atoms with E-state index < -0.39 is 0 Å². The van der Waals surface area contributed by atoms with Gasteiger partial charge in [-0.05, 0) is 24.6 Å². The van der Waals surface area contributed by atoms with Crippen molar-refractivity contribution >= 4 is 23.4 Å². The second kappa shape index (κ2) is 6.93. The molecule has 1 aromatic heterocycles. The zero-order valence-electron chi connectivity index (χ0n) is 11.8. The Bertz CT molecular complexity index is 664. The molecule has 1 N–H and O–H groups in total. The molecule has 3 rings (SSSR count). The second-order valence-electron chi connectivity index (χ2n) is 4.91. The van der Waals surface area contributed by atoms with E-state index in [1.807, 2.05) is 19.1 Å². The highest BCUT2D eigenvalue weighted by Crippen LogP contribution is 2.22. The molecule has 2 heterocycles. The topological polar surface area (TPSA) is 60.7 Å². The van der Waals surface area contributed by atoms with Crippen LogP contribution in [0.3, 0.4) is 0 Å². The Kier molecular flexibility index (Phi) is 5.22.